The summed E-state index contributed by atoms with van der Waals surface area (Å²) in [4.78, 5) is 20.9. The summed E-state index contributed by atoms with van der Waals surface area (Å²) in [5, 5.41) is 3.30. The average Bonchev–Trinajstić information content (AvgIpc) is 2.53. The van der Waals surface area contributed by atoms with Gasteiger partial charge in [0.2, 0.25) is 0 Å². The Kier molecular flexibility index (Phi) is 5.50. The first kappa shape index (κ1) is 15.7. The number of anilines is 1. The first-order chi connectivity index (χ1) is 10.2. The van der Waals surface area contributed by atoms with Gasteiger partial charge in [-0.3, -0.25) is 9.78 Å². The van der Waals surface area contributed by atoms with E-state index in [2.05, 4.69) is 22.2 Å². The molecule has 1 aliphatic rings. The Balaban J connectivity index is 2.26. The van der Waals surface area contributed by atoms with E-state index in [0.717, 1.165) is 43.6 Å². The molecule has 1 fully saturated rings. The van der Waals surface area contributed by atoms with Crippen LogP contribution in [0.1, 0.15) is 43.5 Å². The molecule has 1 aliphatic heterocycles. The van der Waals surface area contributed by atoms with Crippen molar-refractivity contribution in [2.75, 3.05) is 25.9 Å². The van der Waals surface area contributed by atoms with E-state index in [0.29, 0.717) is 12.4 Å². The number of nitrogens with one attached hydrogen (secondary N) is 1. The summed E-state index contributed by atoms with van der Waals surface area (Å²) >= 11 is 0. The molecule has 0 aromatic carbocycles. The number of hydrogen-bond acceptors (Lipinski definition) is 6. The van der Waals surface area contributed by atoms with E-state index >= 15 is 0 Å². The van der Waals surface area contributed by atoms with Gasteiger partial charge in [-0.15, -0.1) is 0 Å². The van der Waals surface area contributed by atoms with E-state index in [-0.39, 0.29) is 17.8 Å². The number of aromatic nitrogens is 2. The molecule has 2 heterocycles. The summed E-state index contributed by atoms with van der Waals surface area (Å²) in [6.45, 7) is 3.62. The summed E-state index contributed by atoms with van der Waals surface area (Å²) in [6, 6.07) is 0. The topological polar surface area (TPSA) is 90.1 Å². The molecule has 2 atom stereocenters. The van der Waals surface area contributed by atoms with Crippen LogP contribution in [0.15, 0.2) is 6.20 Å². The third kappa shape index (κ3) is 3.69. The quantitative estimate of drug-likeness (QED) is 0.794. The van der Waals surface area contributed by atoms with Crippen LogP contribution in [0.5, 0.6) is 0 Å². The number of unbranched alkanes of at least 4 members (excludes halogenated alkanes) is 1. The monoisotopic (exact) mass is 292 g/mol. The molecule has 3 N–H and O–H groups in total. The molecule has 0 bridgehead atoms. The fraction of sp³-hybridized carbons (Fsp3) is 0.667. The van der Waals surface area contributed by atoms with Gasteiger partial charge in [0.15, 0.2) is 0 Å². The molecule has 1 saturated heterocycles. The lowest BCUT2D eigenvalue weighted by Crippen LogP contribution is -2.40. The van der Waals surface area contributed by atoms with Gasteiger partial charge in [0.05, 0.1) is 30.6 Å². The Labute approximate surface area is 125 Å². The fourth-order valence-corrected chi connectivity index (χ4v) is 2.78. The minimum absolute atomic E-state index is 0.0692. The van der Waals surface area contributed by atoms with Crippen LogP contribution in [0.2, 0.25) is 0 Å². The van der Waals surface area contributed by atoms with Crippen molar-refractivity contribution >= 4 is 11.8 Å². The summed E-state index contributed by atoms with van der Waals surface area (Å²) in [7, 11) is 1.42. The van der Waals surface area contributed by atoms with Crippen LogP contribution in [0.4, 0.5) is 5.82 Å². The zero-order valence-electron chi connectivity index (χ0n) is 12.8. The van der Waals surface area contributed by atoms with Gasteiger partial charge in [0.25, 0.3) is 0 Å². The lowest BCUT2D eigenvalue weighted by atomic mass is 9.84. The van der Waals surface area contributed by atoms with Gasteiger partial charge in [-0.2, -0.15) is 0 Å². The third-order valence-corrected chi connectivity index (χ3v) is 4.00. The normalized spacial score (nSPS) is 22.0. The Morgan fingerprint density at radius 2 is 2.38 bits per heavy atom. The first-order valence-corrected chi connectivity index (χ1v) is 7.57. The molecule has 2 unspecified atom stereocenters. The third-order valence-electron chi connectivity index (χ3n) is 4.00. The number of carbonyl (C=O) groups is 1. The Morgan fingerprint density at radius 3 is 3.10 bits per heavy atom. The first-order valence-electron chi connectivity index (χ1n) is 7.57. The molecule has 1 aromatic heterocycles. The average molecular weight is 292 g/mol. The van der Waals surface area contributed by atoms with Crippen LogP contribution >= 0.6 is 0 Å². The van der Waals surface area contributed by atoms with Gasteiger partial charge in [0.1, 0.15) is 5.82 Å². The van der Waals surface area contributed by atoms with Crippen molar-refractivity contribution in [1.82, 2.24) is 15.3 Å². The predicted molar refractivity (Wildman–Crippen MR) is 80.8 cm³/mol. The second-order valence-corrected chi connectivity index (χ2v) is 5.46. The van der Waals surface area contributed by atoms with E-state index in [9.17, 15) is 4.79 Å². The standard InChI is InChI=1S/C15H24N4O2/c1-3-4-5-10-8-18-14(16)13(19-10)12-9-17-7-6-11(12)15(20)21-2/h8,11-12,17H,3-7,9H2,1-2H3,(H2,16,18). The molecule has 1 aromatic rings. The smallest absolute Gasteiger partial charge is 0.309 e. The minimum atomic E-state index is -0.200. The SMILES string of the molecule is CCCCc1cnc(N)c(C2CNCCC2C(=O)OC)n1. The maximum Gasteiger partial charge on any atom is 0.309 e. The number of carbonyl (C=O) groups excluding carboxylic acids is 1. The number of methoxy groups -OCH3 is 1. The second kappa shape index (κ2) is 7.36. The van der Waals surface area contributed by atoms with Crippen molar-refractivity contribution in [1.29, 1.82) is 0 Å². The lowest BCUT2D eigenvalue weighted by molar-refractivity contribution is -0.147. The fourth-order valence-electron chi connectivity index (χ4n) is 2.78. The number of esters is 1. The van der Waals surface area contributed by atoms with E-state index in [1.54, 1.807) is 6.20 Å². The van der Waals surface area contributed by atoms with Crippen LogP contribution in [-0.2, 0) is 16.0 Å². The zero-order valence-corrected chi connectivity index (χ0v) is 12.8. The van der Waals surface area contributed by atoms with Crippen LogP contribution < -0.4 is 11.1 Å². The molecule has 0 saturated carbocycles. The lowest BCUT2D eigenvalue weighted by Gasteiger charge is -2.30. The summed E-state index contributed by atoms with van der Waals surface area (Å²) in [5.41, 5.74) is 7.67. The molecule has 6 heteroatoms. The van der Waals surface area contributed by atoms with Crippen LogP contribution in [-0.4, -0.2) is 36.1 Å². The van der Waals surface area contributed by atoms with Crippen LogP contribution in [0.3, 0.4) is 0 Å². The van der Waals surface area contributed by atoms with Crippen LogP contribution in [0.25, 0.3) is 0 Å². The van der Waals surface area contributed by atoms with Crippen molar-refractivity contribution in [3.63, 3.8) is 0 Å². The molecule has 0 radical (unpaired) electrons. The number of piperidine rings is 1. The maximum absolute atomic E-state index is 12.0. The van der Waals surface area contributed by atoms with Gasteiger partial charge in [-0.05, 0) is 25.8 Å². The van der Waals surface area contributed by atoms with Crippen molar-refractivity contribution in [3.8, 4) is 0 Å². The largest absolute Gasteiger partial charge is 0.469 e. The Hall–Kier alpha value is -1.69. The van der Waals surface area contributed by atoms with Gasteiger partial charge < -0.3 is 15.8 Å². The van der Waals surface area contributed by atoms with Crippen LogP contribution in [0, 0.1) is 5.92 Å². The highest BCUT2D eigenvalue weighted by molar-refractivity contribution is 5.74. The number of aryl methyl sites for hydroxylation is 1. The van der Waals surface area contributed by atoms with Crippen molar-refractivity contribution < 1.29 is 9.53 Å². The summed E-state index contributed by atoms with van der Waals surface area (Å²) < 4.78 is 4.92. The maximum atomic E-state index is 12.0. The Bertz CT molecular complexity index is 493. The van der Waals surface area contributed by atoms with E-state index in [1.165, 1.54) is 7.11 Å². The van der Waals surface area contributed by atoms with Crippen molar-refractivity contribution in [2.45, 2.75) is 38.5 Å². The number of nitrogen functional groups attached to an aromatic ring is 1. The van der Waals surface area contributed by atoms with E-state index < -0.39 is 0 Å². The molecular weight excluding hydrogens is 268 g/mol. The molecular formula is C15H24N4O2. The molecule has 0 aliphatic carbocycles. The van der Waals surface area contributed by atoms with E-state index in [1.807, 2.05) is 0 Å². The van der Waals surface area contributed by atoms with Crippen molar-refractivity contribution in [3.05, 3.63) is 17.6 Å². The number of hydrogen-bond donors (Lipinski definition) is 2. The molecule has 6 nitrogen and oxygen atoms in total. The number of ether oxygens (including phenoxy) is 1. The van der Waals surface area contributed by atoms with Gasteiger partial charge in [-0.1, -0.05) is 13.3 Å². The predicted octanol–water partition coefficient (Wildman–Crippen LogP) is 1.27. The van der Waals surface area contributed by atoms with Gasteiger partial charge in [0, 0.05) is 12.5 Å². The summed E-state index contributed by atoms with van der Waals surface area (Å²) in [5.74, 6) is -0.0472. The molecule has 21 heavy (non-hydrogen) atoms. The second-order valence-electron chi connectivity index (χ2n) is 5.46. The molecule has 116 valence electrons. The molecule has 2 rings (SSSR count). The zero-order chi connectivity index (χ0) is 15.2. The minimum Gasteiger partial charge on any atom is -0.469 e. The number of rotatable bonds is 5. The Morgan fingerprint density at radius 1 is 1.57 bits per heavy atom. The highest BCUT2D eigenvalue weighted by Crippen LogP contribution is 2.31. The molecule has 0 amide bonds. The van der Waals surface area contributed by atoms with Gasteiger partial charge >= 0.3 is 5.97 Å². The van der Waals surface area contributed by atoms with Gasteiger partial charge in [-0.25, -0.2) is 4.98 Å². The highest BCUT2D eigenvalue weighted by Gasteiger charge is 2.35. The number of nitrogens with zero attached hydrogens (tertiary/aromatic N) is 2. The highest BCUT2D eigenvalue weighted by atomic mass is 16.5. The van der Waals surface area contributed by atoms with E-state index in [4.69, 9.17) is 10.5 Å². The summed E-state index contributed by atoms with van der Waals surface area (Å²) in [6.07, 6.45) is 5.54. The molecule has 0 spiro atoms. The van der Waals surface area contributed by atoms with Crippen molar-refractivity contribution in [2.24, 2.45) is 5.92 Å². The number of nitrogens with two attached hydrogens (primary N) is 1.